The predicted octanol–water partition coefficient (Wildman–Crippen LogP) is 9.42. The van der Waals surface area contributed by atoms with E-state index in [1.54, 1.807) is 19.2 Å². The number of hydrogen-bond donors (Lipinski definition) is 1. The lowest BCUT2D eigenvalue weighted by molar-refractivity contribution is -0.145. The van der Waals surface area contributed by atoms with Gasteiger partial charge in [-0.05, 0) is 49.7 Å². The number of nitrogens with zero attached hydrogens (tertiary/aromatic N) is 1. The Kier molecular flexibility index (Phi) is 9.48. The van der Waals surface area contributed by atoms with Crippen LogP contribution < -0.4 is 14.2 Å². The number of rotatable bonds is 13. The van der Waals surface area contributed by atoms with Gasteiger partial charge >= 0.3 is 5.97 Å². The van der Waals surface area contributed by atoms with Crippen molar-refractivity contribution in [2.24, 2.45) is 0 Å². The molecule has 6 rings (SSSR count). The SMILES string of the molecule is C=C(O/C(C)=C(\C)COc1ccc(Cn2c3ccccc3c3c(OC(C(=O)O)c4ccccc4)cccc32)cc1OC)c1ccccc1. The molecule has 0 aliphatic rings. The summed E-state index contributed by atoms with van der Waals surface area (Å²) in [6.45, 7) is 8.78. The van der Waals surface area contributed by atoms with E-state index in [9.17, 15) is 9.90 Å². The maximum absolute atomic E-state index is 12.3. The molecule has 1 heterocycles. The van der Waals surface area contributed by atoms with Crippen molar-refractivity contribution in [3.8, 4) is 17.2 Å². The molecule has 48 heavy (non-hydrogen) atoms. The highest BCUT2D eigenvalue weighted by atomic mass is 16.5. The molecular formula is C41H37NO6. The molecule has 1 N–H and O–H groups in total. The highest BCUT2D eigenvalue weighted by molar-refractivity contribution is 6.11. The summed E-state index contributed by atoms with van der Waals surface area (Å²) in [5.74, 6) is 2.00. The maximum Gasteiger partial charge on any atom is 0.349 e. The fraction of sp³-hybridized carbons (Fsp3) is 0.146. The van der Waals surface area contributed by atoms with Crippen molar-refractivity contribution in [1.29, 1.82) is 0 Å². The third kappa shape index (κ3) is 6.76. The van der Waals surface area contributed by atoms with Crippen LogP contribution in [-0.4, -0.2) is 29.4 Å². The van der Waals surface area contributed by atoms with Gasteiger partial charge in [0.1, 0.15) is 23.9 Å². The number of allylic oxidation sites excluding steroid dienone is 1. The number of carboxylic acids is 1. The molecule has 1 atom stereocenters. The van der Waals surface area contributed by atoms with E-state index in [4.69, 9.17) is 18.9 Å². The summed E-state index contributed by atoms with van der Waals surface area (Å²) in [5.41, 5.74) is 5.37. The number of aromatic nitrogens is 1. The molecule has 0 radical (unpaired) electrons. The molecule has 0 bridgehead atoms. The number of carbonyl (C=O) groups is 1. The first kappa shape index (κ1) is 32.0. The van der Waals surface area contributed by atoms with Gasteiger partial charge in [-0.25, -0.2) is 4.79 Å². The first-order valence-electron chi connectivity index (χ1n) is 15.7. The summed E-state index contributed by atoms with van der Waals surface area (Å²) < 4.78 is 26.4. The van der Waals surface area contributed by atoms with E-state index >= 15 is 0 Å². The number of aliphatic carboxylic acids is 1. The van der Waals surface area contributed by atoms with Crippen molar-refractivity contribution in [2.45, 2.75) is 26.5 Å². The Balaban J connectivity index is 1.25. The molecule has 0 spiro atoms. The van der Waals surface area contributed by atoms with Gasteiger partial charge in [-0.2, -0.15) is 0 Å². The minimum absolute atomic E-state index is 0.319. The lowest BCUT2D eigenvalue weighted by atomic mass is 10.1. The third-order valence-corrected chi connectivity index (χ3v) is 8.32. The van der Waals surface area contributed by atoms with E-state index in [2.05, 4.69) is 17.2 Å². The number of methoxy groups -OCH3 is 1. The van der Waals surface area contributed by atoms with E-state index < -0.39 is 12.1 Å². The summed E-state index contributed by atoms with van der Waals surface area (Å²) in [7, 11) is 1.63. The van der Waals surface area contributed by atoms with Gasteiger partial charge in [-0.15, -0.1) is 0 Å². The standard InChI is InChI=1S/C41H37NO6/c1-27(28(2)47-29(3)31-14-7-5-8-15-31)26-46-36-23-22-30(24-38(36)45-4)25-42-34-19-12-11-18-33(34)39-35(42)20-13-21-37(39)48-40(41(43)44)32-16-9-6-10-17-32/h5-24,40H,3,25-26H2,1-2,4H3,(H,43,44)/b28-27+. The number of benzene rings is 5. The lowest BCUT2D eigenvalue weighted by Gasteiger charge is -2.17. The van der Waals surface area contributed by atoms with E-state index in [-0.39, 0.29) is 0 Å². The van der Waals surface area contributed by atoms with E-state index in [0.717, 1.165) is 44.3 Å². The lowest BCUT2D eigenvalue weighted by Crippen LogP contribution is -2.18. The molecule has 0 aliphatic carbocycles. The average Bonchev–Trinajstić information content (AvgIpc) is 3.44. The highest BCUT2D eigenvalue weighted by Gasteiger charge is 2.24. The highest BCUT2D eigenvalue weighted by Crippen LogP contribution is 2.39. The second-order valence-corrected chi connectivity index (χ2v) is 11.5. The Labute approximate surface area is 279 Å². The Hall–Kier alpha value is -5.95. The number of para-hydroxylation sites is 1. The molecule has 0 saturated carbocycles. The van der Waals surface area contributed by atoms with Crippen molar-refractivity contribution >= 4 is 33.5 Å². The van der Waals surface area contributed by atoms with Gasteiger partial charge in [0.15, 0.2) is 11.5 Å². The van der Waals surface area contributed by atoms with E-state index in [1.165, 1.54) is 0 Å². The smallest absolute Gasteiger partial charge is 0.349 e. The molecule has 0 amide bonds. The topological polar surface area (TPSA) is 79.2 Å². The minimum Gasteiger partial charge on any atom is -0.493 e. The van der Waals surface area contributed by atoms with Crippen LogP contribution >= 0.6 is 0 Å². The molecule has 6 aromatic rings. The van der Waals surface area contributed by atoms with Crippen molar-refractivity contribution in [3.05, 3.63) is 156 Å². The Morgan fingerprint density at radius 1 is 0.792 bits per heavy atom. The largest absolute Gasteiger partial charge is 0.493 e. The summed E-state index contributed by atoms with van der Waals surface area (Å²) >= 11 is 0. The average molecular weight is 640 g/mol. The normalized spacial score (nSPS) is 12.3. The van der Waals surface area contributed by atoms with Gasteiger partial charge in [0, 0.05) is 39.5 Å². The second kappa shape index (κ2) is 14.2. The zero-order valence-electron chi connectivity index (χ0n) is 27.2. The van der Waals surface area contributed by atoms with E-state index in [1.807, 2.05) is 117 Å². The molecule has 242 valence electrons. The Morgan fingerprint density at radius 3 is 2.21 bits per heavy atom. The van der Waals surface area contributed by atoms with Gasteiger partial charge in [-0.1, -0.05) is 97.6 Å². The zero-order chi connectivity index (χ0) is 33.6. The van der Waals surface area contributed by atoms with Crippen LogP contribution in [-0.2, 0) is 16.1 Å². The van der Waals surface area contributed by atoms with Crippen LogP contribution in [0.5, 0.6) is 17.2 Å². The number of carboxylic acid groups (broad SMARTS) is 1. The fourth-order valence-electron chi connectivity index (χ4n) is 5.70. The Morgan fingerprint density at radius 2 is 1.48 bits per heavy atom. The van der Waals surface area contributed by atoms with E-state index in [0.29, 0.717) is 41.7 Å². The van der Waals surface area contributed by atoms with Crippen LogP contribution in [0.15, 0.2) is 139 Å². The summed E-state index contributed by atoms with van der Waals surface area (Å²) in [5, 5.41) is 11.9. The van der Waals surface area contributed by atoms with Gasteiger partial charge in [0.25, 0.3) is 0 Å². The van der Waals surface area contributed by atoms with Gasteiger partial charge in [0.05, 0.1) is 12.6 Å². The van der Waals surface area contributed by atoms with Crippen molar-refractivity contribution in [1.82, 2.24) is 4.57 Å². The van der Waals surface area contributed by atoms with Crippen LogP contribution in [0.2, 0.25) is 0 Å². The van der Waals surface area contributed by atoms with Gasteiger partial charge < -0.3 is 28.6 Å². The molecule has 0 aliphatic heterocycles. The zero-order valence-corrected chi connectivity index (χ0v) is 27.2. The number of fused-ring (bicyclic) bond motifs is 3. The summed E-state index contributed by atoms with van der Waals surface area (Å²) in [4.78, 5) is 12.3. The molecule has 7 nitrogen and oxygen atoms in total. The molecule has 5 aromatic carbocycles. The van der Waals surface area contributed by atoms with Gasteiger partial charge in [0.2, 0.25) is 6.10 Å². The minimum atomic E-state index is -1.15. The van der Waals surface area contributed by atoms with Crippen LogP contribution in [0.25, 0.3) is 27.6 Å². The molecule has 0 saturated heterocycles. The first-order chi connectivity index (χ1) is 23.3. The molecular weight excluding hydrogens is 602 g/mol. The van der Waals surface area contributed by atoms with Crippen LogP contribution in [0.4, 0.5) is 0 Å². The van der Waals surface area contributed by atoms with Gasteiger partial charge in [-0.3, -0.25) is 0 Å². The molecule has 1 aromatic heterocycles. The second-order valence-electron chi connectivity index (χ2n) is 11.5. The fourth-order valence-corrected chi connectivity index (χ4v) is 5.70. The third-order valence-electron chi connectivity index (χ3n) is 8.32. The van der Waals surface area contributed by atoms with Crippen molar-refractivity contribution in [3.63, 3.8) is 0 Å². The maximum atomic E-state index is 12.3. The van der Waals surface area contributed by atoms with Crippen molar-refractivity contribution < 1.29 is 28.8 Å². The quantitative estimate of drug-likeness (QED) is 0.127. The molecule has 0 fully saturated rings. The van der Waals surface area contributed by atoms with Crippen LogP contribution in [0, 0.1) is 0 Å². The monoisotopic (exact) mass is 639 g/mol. The van der Waals surface area contributed by atoms with Crippen molar-refractivity contribution in [2.75, 3.05) is 13.7 Å². The van der Waals surface area contributed by atoms with Crippen LogP contribution in [0.1, 0.15) is 36.6 Å². The summed E-state index contributed by atoms with van der Waals surface area (Å²) in [6.07, 6.45) is -1.15. The molecule has 1 unspecified atom stereocenters. The molecule has 7 heteroatoms. The Bertz CT molecular complexity index is 2110. The number of hydrogen-bond acceptors (Lipinski definition) is 5. The first-order valence-corrected chi connectivity index (χ1v) is 15.7. The summed E-state index contributed by atoms with van der Waals surface area (Å²) in [6, 6.07) is 38.5. The number of ether oxygens (including phenoxy) is 4. The van der Waals surface area contributed by atoms with Crippen LogP contribution in [0.3, 0.4) is 0 Å². The predicted molar refractivity (Wildman–Crippen MR) is 189 cm³/mol.